The second-order valence-electron chi connectivity index (χ2n) is 4.33. The average molecular weight is 260 g/mol. The molecule has 1 aromatic carbocycles. The first-order chi connectivity index (χ1) is 9.22. The number of ether oxygens (including phenoxy) is 1. The maximum atomic E-state index is 13.2. The van der Waals surface area contributed by atoms with Crippen LogP contribution in [-0.4, -0.2) is 19.1 Å². The molecular weight excluding hydrogens is 243 g/mol. The molecule has 0 radical (unpaired) electrons. The Morgan fingerprint density at radius 1 is 1.26 bits per heavy atom. The van der Waals surface area contributed by atoms with Crippen LogP contribution < -0.4 is 10.1 Å². The van der Waals surface area contributed by atoms with Gasteiger partial charge in [-0.3, -0.25) is 4.98 Å². The number of pyridine rings is 1. The Morgan fingerprint density at radius 2 is 2.00 bits per heavy atom. The van der Waals surface area contributed by atoms with Crippen molar-refractivity contribution < 1.29 is 9.13 Å². The van der Waals surface area contributed by atoms with Gasteiger partial charge >= 0.3 is 0 Å². The van der Waals surface area contributed by atoms with Gasteiger partial charge in [0, 0.05) is 12.2 Å². The summed E-state index contributed by atoms with van der Waals surface area (Å²) in [4.78, 5) is 3.89. The summed E-state index contributed by atoms with van der Waals surface area (Å²) in [6, 6.07) is 9.41. The molecule has 3 nitrogen and oxygen atoms in total. The summed E-state index contributed by atoms with van der Waals surface area (Å²) in [5, 5.41) is 3.18. The van der Waals surface area contributed by atoms with Crippen molar-refractivity contribution in [2.75, 3.05) is 14.2 Å². The highest BCUT2D eigenvalue weighted by molar-refractivity contribution is 5.29. The van der Waals surface area contributed by atoms with Gasteiger partial charge in [-0.05, 0) is 42.8 Å². The number of benzene rings is 1. The van der Waals surface area contributed by atoms with Crippen molar-refractivity contribution in [1.82, 2.24) is 10.3 Å². The standard InChI is InChI=1S/C15H17FN2O/c1-17-15(12-8-13(16)10-18-9-12)7-11-3-5-14(19-2)6-4-11/h3-6,8-10,15,17H,7H2,1-2H3. The average Bonchev–Trinajstić information content (AvgIpc) is 2.45. The van der Waals surface area contributed by atoms with E-state index >= 15 is 0 Å². The van der Waals surface area contributed by atoms with Crippen LogP contribution in [0.15, 0.2) is 42.7 Å². The van der Waals surface area contributed by atoms with E-state index in [0.29, 0.717) is 0 Å². The normalized spacial score (nSPS) is 12.2. The summed E-state index contributed by atoms with van der Waals surface area (Å²) in [5.74, 6) is 0.518. The highest BCUT2D eigenvalue weighted by atomic mass is 19.1. The maximum absolute atomic E-state index is 13.2. The van der Waals surface area contributed by atoms with E-state index in [9.17, 15) is 4.39 Å². The fourth-order valence-corrected chi connectivity index (χ4v) is 2.00. The molecule has 1 heterocycles. The minimum absolute atomic E-state index is 0.0385. The minimum atomic E-state index is -0.313. The highest BCUT2D eigenvalue weighted by Gasteiger charge is 2.11. The Bertz CT molecular complexity index is 528. The van der Waals surface area contributed by atoms with E-state index < -0.39 is 0 Å². The summed E-state index contributed by atoms with van der Waals surface area (Å²) in [5.41, 5.74) is 2.00. The number of aromatic nitrogens is 1. The van der Waals surface area contributed by atoms with Gasteiger partial charge < -0.3 is 10.1 Å². The summed E-state index contributed by atoms with van der Waals surface area (Å²) in [6.45, 7) is 0. The van der Waals surface area contributed by atoms with Crippen molar-refractivity contribution >= 4 is 0 Å². The second kappa shape index (κ2) is 6.29. The van der Waals surface area contributed by atoms with Crippen molar-refractivity contribution in [3.63, 3.8) is 0 Å². The van der Waals surface area contributed by atoms with Crippen LogP contribution in [0.1, 0.15) is 17.2 Å². The molecule has 0 aliphatic heterocycles. The second-order valence-corrected chi connectivity index (χ2v) is 4.33. The van der Waals surface area contributed by atoms with E-state index in [0.717, 1.165) is 23.3 Å². The van der Waals surface area contributed by atoms with Crippen molar-refractivity contribution in [2.24, 2.45) is 0 Å². The molecule has 1 N–H and O–H groups in total. The summed E-state index contributed by atoms with van der Waals surface area (Å²) < 4.78 is 18.3. The van der Waals surface area contributed by atoms with Crippen LogP contribution in [0.4, 0.5) is 4.39 Å². The molecule has 0 saturated heterocycles. The molecule has 0 aliphatic rings. The molecule has 0 spiro atoms. The van der Waals surface area contributed by atoms with Gasteiger partial charge in [-0.2, -0.15) is 0 Å². The van der Waals surface area contributed by atoms with Crippen LogP contribution in [0.25, 0.3) is 0 Å². The molecule has 0 bridgehead atoms. The van der Waals surface area contributed by atoms with Gasteiger partial charge in [0.2, 0.25) is 0 Å². The quantitative estimate of drug-likeness (QED) is 0.897. The first kappa shape index (κ1) is 13.5. The Hall–Kier alpha value is -1.94. The number of nitrogens with one attached hydrogen (secondary N) is 1. The minimum Gasteiger partial charge on any atom is -0.497 e. The van der Waals surface area contributed by atoms with Gasteiger partial charge in [0.25, 0.3) is 0 Å². The number of likely N-dealkylation sites (N-methyl/N-ethyl adjacent to an activating group) is 1. The summed E-state index contributed by atoms with van der Waals surface area (Å²) in [7, 11) is 3.50. The third-order valence-electron chi connectivity index (χ3n) is 3.08. The molecule has 4 heteroatoms. The molecule has 1 aromatic heterocycles. The predicted molar refractivity (Wildman–Crippen MR) is 72.7 cm³/mol. The van der Waals surface area contributed by atoms with Crippen LogP contribution in [0, 0.1) is 5.82 Å². The van der Waals surface area contributed by atoms with E-state index in [1.54, 1.807) is 13.3 Å². The SMILES string of the molecule is CNC(Cc1ccc(OC)cc1)c1cncc(F)c1. The zero-order valence-corrected chi connectivity index (χ0v) is 11.1. The van der Waals surface area contributed by atoms with Crippen molar-refractivity contribution in [1.29, 1.82) is 0 Å². The highest BCUT2D eigenvalue weighted by Crippen LogP contribution is 2.20. The number of hydrogen-bond donors (Lipinski definition) is 1. The zero-order chi connectivity index (χ0) is 13.7. The molecule has 0 amide bonds. The van der Waals surface area contributed by atoms with Gasteiger partial charge in [0.05, 0.1) is 13.3 Å². The Balaban J connectivity index is 2.14. The molecule has 0 aliphatic carbocycles. The Labute approximate surface area is 112 Å². The first-order valence-corrected chi connectivity index (χ1v) is 6.13. The smallest absolute Gasteiger partial charge is 0.141 e. The van der Waals surface area contributed by atoms with E-state index in [4.69, 9.17) is 4.74 Å². The number of halogens is 1. The Kier molecular flexibility index (Phi) is 4.47. The molecule has 2 aromatic rings. The van der Waals surface area contributed by atoms with Gasteiger partial charge in [-0.25, -0.2) is 4.39 Å². The fourth-order valence-electron chi connectivity index (χ4n) is 2.00. The van der Waals surface area contributed by atoms with Gasteiger partial charge in [-0.15, -0.1) is 0 Å². The lowest BCUT2D eigenvalue weighted by Gasteiger charge is -2.16. The zero-order valence-electron chi connectivity index (χ0n) is 11.1. The molecule has 0 fully saturated rings. The van der Waals surface area contributed by atoms with Crippen LogP contribution in [-0.2, 0) is 6.42 Å². The largest absolute Gasteiger partial charge is 0.497 e. The predicted octanol–water partition coefficient (Wildman–Crippen LogP) is 2.73. The molecule has 0 saturated carbocycles. The van der Waals surface area contributed by atoms with Crippen molar-refractivity contribution in [3.8, 4) is 5.75 Å². The Morgan fingerprint density at radius 3 is 2.58 bits per heavy atom. The number of hydrogen-bond acceptors (Lipinski definition) is 3. The topological polar surface area (TPSA) is 34.1 Å². The third kappa shape index (κ3) is 3.51. The molecule has 19 heavy (non-hydrogen) atoms. The number of rotatable bonds is 5. The monoisotopic (exact) mass is 260 g/mol. The number of methoxy groups -OCH3 is 1. The molecule has 2 rings (SSSR count). The fraction of sp³-hybridized carbons (Fsp3) is 0.267. The van der Waals surface area contributed by atoms with Gasteiger partial charge in [-0.1, -0.05) is 12.1 Å². The van der Waals surface area contributed by atoms with Crippen LogP contribution in [0.2, 0.25) is 0 Å². The first-order valence-electron chi connectivity index (χ1n) is 6.13. The maximum Gasteiger partial charge on any atom is 0.141 e. The lowest BCUT2D eigenvalue weighted by molar-refractivity contribution is 0.414. The van der Waals surface area contributed by atoms with E-state index in [-0.39, 0.29) is 11.9 Å². The van der Waals surface area contributed by atoms with Gasteiger partial charge in [0.1, 0.15) is 11.6 Å². The molecule has 1 unspecified atom stereocenters. The summed E-state index contributed by atoms with van der Waals surface area (Å²) in [6.07, 6.45) is 3.67. The van der Waals surface area contributed by atoms with Crippen LogP contribution >= 0.6 is 0 Å². The molecular formula is C15H17FN2O. The number of nitrogens with zero attached hydrogens (tertiary/aromatic N) is 1. The van der Waals surface area contributed by atoms with E-state index in [1.165, 1.54) is 12.3 Å². The summed E-state index contributed by atoms with van der Waals surface area (Å²) >= 11 is 0. The van der Waals surface area contributed by atoms with Crippen molar-refractivity contribution in [2.45, 2.75) is 12.5 Å². The molecule has 1 atom stereocenters. The van der Waals surface area contributed by atoms with E-state index in [2.05, 4.69) is 10.3 Å². The van der Waals surface area contributed by atoms with Crippen LogP contribution in [0.5, 0.6) is 5.75 Å². The third-order valence-corrected chi connectivity index (χ3v) is 3.08. The molecule has 100 valence electrons. The van der Waals surface area contributed by atoms with Crippen LogP contribution in [0.3, 0.4) is 0 Å². The van der Waals surface area contributed by atoms with E-state index in [1.807, 2.05) is 31.3 Å². The van der Waals surface area contributed by atoms with Crippen molar-refractivity contribution in [3.05, 3.63) is 59.7 Å². The lowest BCUT2D eigenvalue weighted by atomic mass is 10.0. The van der Waals surface area contributed by atoms with Gasteiger partial charge in [0.15, 0.2) is 0 Å². The lowest BCUT2D eigenvalue weighted by Crippen LogP contribution is -2.19.